The number of halogens is 1. The van der Waals surface area contributed by atoms with Gasteiger partial charge in [-0.25, -0.2) is 0 Å². The summed E-state index contributed by atoms with van der Waals surface area (Å²) in [5, 5.41) is 10.6. The first-order valence-corrected chi connectivity index (χ1v) is 8.47. The second-order valence-corrected chi connectivity index (χ2v) is 6.36. The van der Waals surface area contributed by atoms with Gasteiger partial charge in [0.15, 0.2) is 0 Å². The second-order valence-electron chi connectivity index (χ2n) is 6.36. The smallest absolute Gasteiger partial charge is 0.0535 e. The van der Waals surface area contributed by atoms with E-state index in [0.29, 0.717) is 6.04 Å². The highest BCUT2D eigenvalue weighted by molar-refractivity contribution is 5.85. The summed E-state index contributed by atoms with van der Waals surface area (Å²) in [6.45, 7) is 10.7. The molecule has 6 heteroatoms. The summed E-state index contributed by atoms with van der Waals surface area (Å²) in [6, 6.07) is 11.3. The first kappa shape index (κ1) is 18.8. The van der Waals surface area contributed by atoms with Crippen molar-refractivity contribution in [1.29, 1.82) is 0 Å². The maximum Gasteiger partial charge on any atom is 0.0535 e. The number of nitrogens with one attached hydrogen (secondary N) is 2. The Morgan fingerprint density at radius 1 is 1.17 bits per heavy atom. The van der Waals surface area contributed by atoms with Crippen LogP contribution in [0.3, 0.4) is 0 Å². The fourth-order valence-corrected chi connectivity index (χ4v) is 3.16. The van der Waals surface area contributed by atoms with Crippen molar-refractivity contribution < 1.29 is 0 Å². The normalized spacial score (nSPS) is 16.7. The molecule has 2 N–H and O–H groups in total. The van der Waals surface area contributed by atoms with Crippen LogP contribution in [0.4, 0.5) is 5.69 Å². The molecule has 1 aromatic heterocycles. The third-order valence-electron chi connectivity index (χ3n) is 4.75. The molecular formula is C18H28ClN5. The van der Waals surface area contributed by atoms with E-state index in [4.69, 9.17) is 0 Å². The van der Waals surface area contributed by atoms with Gasteiger partial charge in [-0.15, -0.1) is 12.4 Å². The average Bonchev–Trinajstić information content (AvgIpc) is 3.01. The zero-order valence-corrected chi connectivity index (χ0v) is 15.4. The molecule has 0 amide bonds. The van der Waals surface area contributed by atoms with E-state index in [1.165, 1.54) is 11.3 Å². The number of benzene rings is 1. The Morgan fingerprint density at radius 3 is 2.50 bits per heavy atom. The number of hydrogen-bond acceptors (Lipinski definition) is 4. The maximum absolute atomic E-state index is 4.07. The predicted octanol–water partition coefficient (Wildman–Crippen LogP) is 2.44. The highest BCUT2D eigenvalue weighted by Gasteiger charge is 2.20. The Balaban J connectivity index is 0.00000208. The van der Waals surface area contributed by atoms with Gasteiger partial charge in [0.05, 0.1) is 6.20 Å². The van der Waals surface area contributed by atoms with Gasteiger partial charge in [-0.3, -0.25) is 10.00 Å². The molecule has 1 aromatic carbocycles. The minimum atomic E-state index is 0. The van der Waals surface area contributed by atoms with Crippen LogP contribution in [0.15, 0.2) is 36.5 Å². The van der Waals surface area contributed by atoms with Gasteiger partial charge in [-0.05, 0) is 26.0 Å². The van der Waals surface area contributed by atoms with Gasteiger partial charge in [0.25, 0.3) is 0 Å². The minimum absolute atomic E-state index is 0. The van der Waals surface area contributed by atoms with Crippen molar-refractivity contribution in [3.63, 3.8) is 0 Å². The molecule has 0 spiro atoms. The number of hydrogen-bond donors (Lipinski definition) is 2. The zero-order chi connectivity index (χ0) is 16.1. The summed E-state index contributed by atoms with van der Waals surface area (Å²) < 4.78 is 0. The summed E-state index contributed by atoms with van der Waals surface area (Å²) in [6.07, 6.45) is 1.91. The first-order chi connectivity index (χ1) is 11.2. The Kier molecular flexibility index (Phi) is 7.09. The fraction of sp³-hybridized carbons (Fsp3) is 0.500. The van der Waals surface area contributed by atoms with Crippen LogP contribution in [0, 0.1) is 6.92 Å². The van der Waals surface area contributed by atoms with Crippen LogP contribution in [0.2, 0.25) is 0 Å². The Bertz CT molecular complexity index is 592. The largest absolute Gasteiger partial charge is 0.369 e. The fourth-order valence-electron chi connectivity index (χ4n) is 3.16. The highest BCUT2D eigenvalue weighted by Crippen LogP contribution is 2.16. The summed E-state index contributed by atoms with van der Waals surface area (Å²) in [5.74, 6) is 0. The molecule has 1 aliphatic rings. The van der Waals surface area contributed by atoms with Gasteiger partial charge in [-0.1, -0.05) is 18.2 Å². The molecule has 1 saturated heterocycles. The van der Waals surface area contributed by atoms with Crippen LogP contribution in [0.25, 0.3) is 0 Å². The average molecular weight is 350 g/mol. The van der Waals surface area contributed by atoms with Crippen LogP contribution in [-0.2, 0) is 6.54 Å². The molecule has 3 rings (SSSR count). The van der Waals surface area contributed by atoms with Crippen molar-refractivity contribution in [3.8, 4) is 0 Å². The van der Waals surface area contributed by atoms with Crippen molar-refractivity contribution in [3.05, 3.63) is 47.8 Å². The number of nitrogens with zero attached hydrogens (tertiary/aromatic N) is 3. The van der Waals surface area contributed by atoms with Gasteiger partial charge in [0.2, 0.25) is 0 Å². The quantitative estimate of drug-likeness (QED) is 0.841. The molecule has 132 valence electrons. The molecule has 0 bridgehead atoms. The number of rotatable bonds is 6. The molecule has 1 fully saturated rings. The molecule has 0 aliphatic carbocycles. The van der Waals surface area contributed by atoms with E-state index in [0.717, 1.165) is 45.0 Å². The molecule has 1 aliphatic heterocycles. The van der Waals surface area contributed by atoms with E-state index in [-0.39, 0.29) is 12.4 Å². The van der Waals surface area contributed by atoms with E-state index in [2.05, 4.69) is 69.5 Å². The lowest BCUT2D eigenvalue weighted by molar-refractivity contribution is 0.193. The van der Waals surface area contributed by atoms with Crippen molar-refractivity contribution in [2.75, 3.05) is 37.6 Å². The lowest BCUT2D eigenvalue weighted by atomic mass is 10.2. The van der Waals surface area contributed by atoms with E-state index in [9.17, 15) is 0 Å². The Morgan fingerprint density at radius 2 is 1.88 bits per heavy atom. The maximum atomic E-state index is 4.07. The molecule has 24 heavy (non-hydrogen) atoms. The third-order valence-corrected chi connectivity index (χ3v) is 4.75. The third kappa shape index (κ3) is 4.72. The van der Waals surface area contributed by atoms with E-state index >= 15 is 0 Å². The van der Waals surface area contributed by atoms with Gasteiger partial charge < -0.3 is 10.2 Å². The van der Waals surface area contributed by atoms with Gasteiger partial charge in [0, 0.05) is 62.3 Å². The van der Waals surface area contributed by atoms with Crippen molar-refractivity contribution in [1.82, 2.24) is 20.4 Å². The molecule has 0 saturated carbocycles. The molecule has 2 heterocycles. The zero-order valence-electron chi connectivity index (χ0n) is 14.5. The number of aromatic amines is 1. The summed E-state index contributed by atoms with van der Waals surface area (Å²) >= 11 is 0. The standard InChI is InChI=1S/C18H27N5.ClH/c1-15(12-19-13-17-14-20-21-16(17)2)22-8-10-23(11-9-22)18-6-4-3-5-7-18;/h3-7,14-15,19H,8-13H2,1-2H3,(H,20,21);1H. The monoisotopic (exact) mass is 349 g/mol. The van der Waals surface area contributed by atoms with Crippen LogP contribution < -0.4 is 10.2 Å². The SMILES string of the molecule is Cc1[nH]ncc1CNCC(C)N1CCN(c2ccccc2)CC1.Cl. The summed E-state index contributed by atoms with van der Waals surface area (Å²) in [5.41, 5.74) is 3.75. The lowest BCUT2D eigenvalue weighted by Crippen LogP contribution is -2.51. The summed E-state index contributed by atoms with van der Waals surface area (Å²) in [4.78, 5) is 5.06. The van der Waals surface area contributed by atoms with Crippen LogP contribution in [0.5, 0.6) is 0 Å². The molecule has 0 radical (unpaired) electrons. The van der Waals surface area contributed by atoms with Crippen LogP contribution in [-0.4, -0.2) is 53.9 Å². The number of aryl methyl sites for hydroxylation is 1. The number of aromatic nitrogens is 2. The highest BCUT2D eigenvalue weighted by atomic mass is 35.5. The van der Waals surface area contributed by atoms with E-state index < -0.39 is 0 Å². The Labute approximate surface area is 150 Å². The molecule has 5 nitrogen and oxygen atoms in total. The van der Waals surface area contributed by atoms with Crippen LogP contribution in [0.1, 0.15) is 18.2 Å². The Hall–Kier alpha value is -1.56. The van der Waals surface area contributed by atoms with Gasteiger partial charge >= 0.3 is 0 Å². The number of para-hydroxylation sites is 1. The predicted molar refractivity (Wildman–Crippen MR) is 102 cm³/mol. The lowest BCUT2D eigenvalue weighted by Gasteiger charge is -2.39. The van der Waals surface area contributed by atoms with Crippen molar-refractivity contribution >= 4 is 18.1 Å². The van der Waals surface area contributed by atoms with Crippen molar-refractivity contribution in [2.24, 2.45) is 0 Å². The summed E-state index contributed by atoms with van der Waals surface area (Å²) in [7, 11) is 0. The van der Waals surface area contributed by atoms with E-state index in [1.807, 2.05) is 6.20 Å². The molecule has 2 aromatic rings. The van der Waals surface area contributed by atoms with E-state index in [1.54, 1.807) is 0 Å². The van der Waals surface area contributed by atoms with Gasteiger partial charge in [0.1, 0.15) is 0 Å². The van der Waals surface area contributed by atoms with Crippen LogP contribution >= 0.6 is 12.4 Å². The van der Waals surface area contributed by atoms with Crippen molar-refractivity contribution in [2.45, 2.75) is 26.4 Å². The van der Waals surface area contributed by atoms with Gasteiger partial charge in [-0.2, -0.15) is 5.10 Å². The number of piperazine rings is 1. The molecular weight excluding hydrogens is 322 g/mol. The topological polar surface area (TPSA) is 47.2 Å². The first-order valence-electron chi connectivity index (χ1n) is 8.47. The second kappa shape index (κ2) is 9.06. The number of anilines is 1. The molecule has 1 unspecified atom stereocenters. The molecule has 1 atom stereocenters. The number of H-pyrrole nitrogens is 1. The minimum Gasteiger partial charge on any atom is -0.369 e.